The van der Waals surface area contributed by atoms with Crippen molar-refractivity contribution in [2.45, 2.75) is 12.1 Å². The van der Waals surface area contributed by atoms with Crippen LogP contribution < -0.4 is 22.1 Å². The van der Waals surface area contributed by atoms with Gasteiger partial charge in [0.15, 0.2) is 5.16 Å². The smallest absolute Gasteiger partial charge is 0.265 e. The van der Waals surface area contributed by atoms with Crippen molar-refractivity contribution in [3.8, 4) is 0 Å². The predicted octanol–water partition coefficient (Wildman–Crippen LogP) is 0.413. The molecule has 1 aromatic heterocycles. The van der Waals surface area contributed by atoms with Crippen LogP contribution in [0, 0.1) is 6.92 Å². The number of aryl methyl sites for hydroxylation is 1. The number of nitrogens with one attached hydrogen (secondary N) is 3. The van der Waals surface area contributed by atoms with Crippen molar-refractivity contribution in [1.29, 1.82) is 0 Å². The Morgan fingerprint density at radius 3 is 2.61 bits per heavy atom. The van der Waals surface area contributed by atoms with E-state index in [1.54, 1.807) is 31.2 Å². The van der Waals surface area contributed by atoms with E-state index >= 15 is 0 Å². The normalized spacial score (nSPS) is 10.2. The molecule has 23 heavy (non-hydrogen) atoms. The topological polar surface area (TPSA) is 130 Å². The van der Waals surface area contributed by atoms with Crippen LogP contribution in [-0.4, -0.2) is 27.5 Å². The van der Waals surface area contributed by atoms with Crippen LogP contribution in [0.25, 0.3) is 0 Å². The van der Waals surface area contributed by atoms with Gasteiger partial charge in [0.25, 0.3) is 11.5 Å². The number of aromatic nitrogens is 2. The summed E-state index contributed by atoms with van der Waals surface area (Å²) >= 11 is 1.13. The van der Waals surface area contributed by atoms with Gasteiger partial charge in [-0.05, 0) is 31.2 Å². The maximum absolute atomic E-state index is 11.9. The molecule has 5 N–H and O–H groups in total. The molecule has 0 radical (unpaired) electrons. The molecule has 2 rings (SSSR count). The number of carbonyl (C=O) groups excluding carboxylic acids is 2. The van der Waals surface area contributed by atoms with Crippen LogP contribution in [0.4, 0.5) is 5.69 Å². The van der Waals surface area contributed by atoms with Crippen molar-refractivity contribution in [3.63, 3.8) is 0 Å². The second kappa shape index (κ2) is 7.56. The van der Waals surface area contributed by atoms with E-state index < -0.39 is 5.91 Å². The van der Waals surface area contributed by atoms with E-state index in [2.05, 4.69) is 15.3 Å². The van der Waals surface area contributed by atoms with Crippen LogP contribution >= 0.6 is 11.8 Å². The number of hydrazine groups is 1. The Hall–Kier alpha value is -2.65. The molecule has 0 saturated carbocycles. The van der Waals surface area contributed by atoms with E-state index in [1.807, 2.05) is 5.43 Å². The third-order valence-corrected chi connectivity index (χ3v) is 3.62. The van der Waals surface area contributed by atoms with Crippen LogP contribution in [0.1, 0.15) is 16.1 Å². The molecule has 0 fully saturated rings. The minimum Gasteiger partial charge on any atom is -0.325 e. The molecule has 2 amide bonds. The van der Waals surface area contributed by atoms with Crippen LogP contribution in [-0.2, 0) is 4.79 Å². The number of amides is 2. The fourth-order valence-corrected chi connectivity index (χ4v) is 2.46. The molecule has 2 aromatic rings. The highest BCUT2D eigenvalue weighted by Crippen LogP contribution is 2.13. The molecular weight excluding hydrogens is 318 g/mol. The molecule has 0 atom stereocenters. The van der Waals surface area contributed by atoms with E-state index in [0.29, 0.717) is 22.1 Å². The van der Waals surface area contributed by atoms with Gasteiger partial charge in [0.1, 0.15) is 0 Å². The van der Waals surface area contributed by atoms with Gasteiger partial charge in [0, 0.05) is 23.0 Å². The number of nitrogens with two attached hydrogens (primary N) is 1. The predicted molar refractivity (Wildman–Crippen MR) is 87.0 cm³/mol. The van der Waals surface area contributed by atoms with Gasteiger partial charge >= 0.3 is 0 Å². The fourth-order valence-electron chi connectivity index (χ4n) is 1.74. The van der Waals surface area contributed by atoms with Gasteiger partial charge in [-0.2, -0.15) is 0 Å². The number of anilines is 1. The lowest BCUT2D eigenvalue weighted by Crippen LogP contribution is -2.29. The molecule has 0 aliphatic rings. The number of benzene rings is 1. The Kier molecular flexibility index (Phi) is 5.50. The number of H-pyrrole nitrogens is 1. The molecule has 120 valence electrons. The Bertz CT molecular complexity index is 773. The van der Waals surface area contributed by atoms with Crippen molar-refractivity contribution in [2.75, 3.05) is 11.1 Å². The zero-order valence-corrected chi connectivity index (χ0v) is 13.1. The Morgan fingerprint density at radius 2 is 2.00 bits per heavy atom. The van der Waals surface area contributed by atoms with Gasteiger partial charge in [0.2, 0.25) is 5.91 Å². The van der Waals surface area contributed by atoms with Crippen molar-refractivity contribution in [1.82, 2.24) is 15.4 Å². The van der Waals surface area contributed by atoms with E-state index in [9.17, 15) is 14.4 Å². The first-order chi connectivity index (χ1) is 11.0. The quantitative estimate of drug-likeness (QED) is 0.206. The first-order valence-electron chi connectivity index (χ1n) is 6.59. The largest absolute Gasteiger partial charge is 0.325 e. The molecule has 1 aromatic carbocycles. The number of thioether (sulfide) groups is 1. The number of hydrogen-bond donors (Lipinski definition) is 4. The molecule has 0 spiro atoms. The maximum atomic E-state index is 11.9. The van der Waals surface area contributed by atoms with E-state index in [4.69, 9.17) is 5.84 Å². The SMILES string of the molecule is Cc1cc(=O)[nH]c(SCC(=O)Nc2ccc(C(=O)NN)cc2)n1. The Balaban J connectivity index is 1.91. The summed E-state index contributed by atoms with van der Waals surface area (Å²) in [6.45, 7) is 1.71. The first-order valence-corrected chi connectivity index (χ1v) is 7.58. The Labute approximate surface area is 135 Å². The fraction of sp³-hybridized carbons (Fsp3) is 0.143. The third-order valence-electron chi connectivity index (χ3n) is 2.75. The van der Waals surface area contributed by atoms with E-state index in [-0.39, 0.29) is 17.2 Å². The molecule has 0 aliphatic carbocycles. The lowest BCUT2D eigenvalue weighted by atomic mass is 10.2. The second-order valence-corrected chi connectivity index (χ2v) is 5.54. The van der Waals surface area contributed by atoms with Gasteiger partial charge in [-0.1, -0.05) is 11.8 Å². The molecule has 0 unspecified atom stereocenters. The number of carbonyl (C=O) groups is 2. The molecule has 0 aliphatic heterocycles. The van der Waals surface area contributed by atoms with Gasteiger partial charge in [-0.15, -0.1) is 0 Å². The number of aromatic amines is 1. The van der Waals surface area contributed by atoms with E-state index in [1.165, 1.54) is 6.07 Å². The Morgan fingerprint density at radius 1 is 1.30 bits per heavy atom. The minimum atomic E-state index is -0.409. The lowest BCUT2D eigenvalue weighted by molar-refractivity contribution is -0.113. The van der Waals surface area contributed by atoms with Crippen LogP contribution in [0.3, 0.4) is 0 Å². The minimum absolute atomic E-state index is 0.0947. The van der Waals surface area contributed by atoms with Gasteiger partial charge in [-0.3, -0.25) is 19.8 Å². The van der Waals surface area contributed by atoms with Gasteiger partial charge in [-0.25, -0.2) is 10.8 Å². The molecule has 0 saturated heterocycles. The zero-order valence-electron chi connectivity index (χ0n) is 12.3. The number of hydrogen-bond acceptors (Lipinski definition) is 6. The third kappa shape index (κ3) is 4.94. The molecule has 9 heteroatoms. The summed E-state index contributed by atoms with van der Waals surface area (Å²) in [5.74, 6) is 4.47. The summed E-state index contributed by atoms with van der Waals surface area (Å²) in [5, 5.41) is 3.07. The maximum Gasteiger partial charge on any atom is 0.265 e. The summed E-state index contributed by atoms with van der Waals surface area (Å²) in [6.07, 6.45) is 0. The van der Waals surface area contributed by atoms with Crippen molar-refractivity contribution in [3.05, 3.63) is 51.9 Å². The molecule has 0 bridgehead atoms. The van der Waals surface area contributed by atoms with Gasteiger partial charge < -0.3 is 10.3 Å². The molecular formula is C14H15N5O3S. The number of rotatable bonds is 5. The van der Waals surface area contributed by atoms with Crippen molar-refractivity contribution >= 4 is 29.3 Å². The molecule has 8 nitrogen and oxygen atoms in total. The van der Waals surface area contributed by atoms with E-state index in [0.717, 1.165) is 11.8 Å². The average molecular weight is 333 g/mol. The number of nitrogen functional groups attached to an aromatic ring is 1. The first kappa shape index (κ1) is 16.7. The zero-order chi connectivity index (χ0) is 16.8. The monoisotopic (exact) mass is 333 g/mol. The second-order valence-electron chi connectivity index (χ2n) is 4.58. The summed E-state index contributed by atoms with van der Waals surface area (Å²) < 4.78 is 0. The molecule has 1 heterocycles. The van der Waals surface area contributed by atoms with Crippen LogP contribution in [0.5, 0.6) is 0 Å². The number of nitrogens with zero attached hydrogens (tertiary/aromatic N) is 1. The highest BCUT2D eigenvalue weighted by molar-refractivity contribution is 7.99. The summed E-state index contributed by atoms with van der Waals surface area (Å²) in [5.41, 5.74) is 3.30. The van der Waals surface area contributed by atoms with Crippen molar-refractivity contribution in [2.24, 2.45) is 5.84 Å². The lowest BCUT2D eigenvalue weighted by Gasteiger charge is -2.06. The van der Waals surface area contributed by atoms with Crippen LogP contribution in [0.2, 0.25) is 0 Å². The standard InChI is InChI=1S/C14H15N5O3S/c1-8-6-11(20)18-14(16-8)23-7-12(21)17-10-4-2-9(3-5-10)13(22)19-15/h2-6H,7,15H2,1H3,(H,17,21)(H,19,22)(H,16,18,20). The van der Waals surface area contributed by atoms with Gasteiger partial charge in [0.05, 0.1) is 5.75 Å². The summed E-state index contributed by atoms with van der Waals surface area (Å²) in [7, 11) is 0. The summed E-state index contributed by atoms with van der Waals surface area (Å²) in [6, 6.07) is 7.66. The summed E-state index contributed by atoms with van der Waals surface area (Å²) in [4.78, 5) is 41.2. The van der Waals surface area contributed by atoms with Crippen LogP contribution in [0.15, 0.2) is 40.3 Å². The highest BCUT2D eigenvalue weighted by Gasteiger charge is 2.07. The average Bonchev–Trinajstić information content (AvgIpc) is 2.52. The van der Waals surface area contributed by atoms with Crippen molar-refractivity contribution < 1.29 is 9.59 Å². The highest BCUT2D eigenvalue weighted by atomic mass is 32.2.